The molecule has 0 saturated heterocycles. The average Bonchev–Trinajstić information content (AvgIpc) is 3.10. The Hall–Kier alpha value is -3.15. The van der Waals surface area contributed by atoms with Crippen molar-refractivity contribution >= 4 is 5.91 Å². The van der Waals surface area contributed by atoms with E-state index in [1.807, 2.05) is 42.6 Å². The molecule has 1 amide bonds. The third-order valence-electron chi connectivity index (χ3n) is 3.71. The number of amides is 1. The van der Waals surface area contributed by atoms with Gasteiger partial charge in [-0.05, 0) is 42.0 Å². The Morgan fingerprint density at radius 3 is 2.46 bits per heavy atom. The summed E-state index contributed by atoms with van der Waals surface area (Å²) >= 11 is 0. The van der Waals surface area contributed by atoms with Crippen LogP contribution in [-0.4, -0.2) is 35.1 Å². The zero-order chi connectivity index (χ0) is 16.9. The fourth-order valence-corrected chi connectivity index (χ4v) is 2.36. The zero-order valence-corrected chi connectivity index (χ0v) is 13.6. The largest absolute Gasteiger partial charge is 0.497 e. The van der Waals surface area contributed by atoms with Gasteiger partial charge < -0.3 is 10.1 Å². The van der Waals surface area contributed by atoms with Crippen LogP contribution >= 0.6 is 0 Å². The molecule has 0 bridgehead atoms. The van der Waals surface area contributed by atoms with Crippen LogP contribution in [-0.2, 0) is 6.54 Å². The number of nitrogens with one attached hydrogen (secondary N) is 1. The Kier molecular flexibility index (Phi) is 4.56. The third-order valence-corrected chi connectivity index (χ3v) is 3.71. The normalized spacial score (nSPS) is 10.4. The van der Waals surface area contributed by atoms with Gasteiger partial charge in [-0.2, -0.15) is 0 Å². The first kappa shape index (κ1) is 15.7. The molecule has 24 heavy (non-hydrogen) atoms. The first-order chi connectivity index (χ1) is 11.7. The highest BCUT2D eigenvalue weighted by atomic mass is 16.5. The predicted octanol–water partition coefficient (Wildman–Crippen LogP) is 2.36. The van der Waals surface area contributed by atoms with Gasteiger partial charge in [0.2, 0.25) is 0 Å². The minimum absolute atomic E-state index is 0.0934. The lowest BCUT2D eigenvalue weighted by Gasteiger charge is -2.03. The van der Waals surface area contributed by atoms with Crippen molar-refractivity contribution in [3.05, 3.63) is 65.9 Å². The van der Waals surface area contributed by atoms with Crippen molar-refractivity contribution in [3.8, 4) is 17.0 Å². The number of benzene rings is 2. The van der Waals surface area contributed by atoms with Crippen LogP contribution in [0.2, 0.25) is 0 Å². The summed E-state index contributed by atoms with van der Waals surface area (Å²) in [5.41, 5.74) is 3.48. The third kappa shape index (κ3) is 3.43. The van der Waals surface area contributed by atoms with E-state index in [-0.39, 0.29) is 5.91 Å². The van der Waals surface area contributed by atoms with Crippen molar-refractivity contribution < 1.29 is 9.53 Å². The van der Waals surface area contributed by atoms with E-state index in [4.69, 9.17) is 4.74 Å². The summed E-state index contributed by atoms with van der Waals surface area (Å²) < 4.78 is 6.93. The monoisotopic (exact) mass is 322 g/mol. The molecule has 0 unspecified atom stereocenters. The van der Waals surface area contributed by atoms with Crippen LogP contribution in [0, 0.1) is 0 Å². The lowest BCUT2D eigenvalue weighted by molar-refractivity contribution is 0.0963. The van der Waals surface area contributed by atoms with Crippen LogP contribution in [0.5, 0.6) is 5.75 Å². The van der Waals surface area contributed by atoms with E-state index in [9.17, 15) is 4.79 Å². The van der Waals surface area contributed by atoms with E-state index in [0.29, 0.717) is 12.1 Å². The molecule has 1 heterocycles. The lowest BCUT2D eigenvalue weighted by Crippen LogP contribution is -2.17. The molecule has 1 aromatic heterocycles. The number of hydrogen-bond acceptors (Lipinski definition) is 4. The quantitative estimate of drug-likeness (QED) is 0.783. The van der Waals surface area contributed by atoms with Gasteiger partial charge >= 0.3 is 0 Å². The Balaban J connectivity index is 1.72. The molecule has 0 saturated carbocycles. The number of methoxy groups -OCH3 is 1. The molecule has 2 aromatic carbocycles. The van der Waals surface area contributed by atoms with E-state index in [0.717, 1.165) is 22.6 Å². The number of carbonyl (C=O) groups is 1. The summed E-state index contributed by atoms with van der Waals surface area (Å²) in [6, 6.07) is 15.1. The van der Waals surface area contributed by atoms with Crippen LogP contribution in [0.25, 0.3) is 11.3 Å². The van der Waals surface area contributed by atoms with Crippen LogP contribution in [0.4, 0.5) is 0 Å². The minimum Gasteiger partial charge on any atom is -0.497 e. The summed E-state index contributed by atoms with van der Waals surface area (Å²) in [6.45, 7) is 0.594. The molecule has 0 aliphatic heterocycles. The second-order valence-corrected chi connectivity index (χ2v) is 5.31. The summed E-state index contributed by atoms with van der Waals surface area (Å²) in [4.78, 5) is 11.5. The molecule has 6 heteroatoms. The van der Waals surface area contributed by atoms with Gasteiger partial charge in [0.1, 0.15) is 11.4 Å². The van der Waals surface area contributed by atoms with Crippen LogP contribution in [0.3, 0.4) is 0 Å². The molecular weight excluding hydrogens is 304 g/mol. The summed E-state index contributed by atoms with van der Waals surface area (Å²) in [7, 11) is 3.26. The smallest absolute Gasteiger partial charge is 0.251 e. The van der Waals surface area contributed by atoms with E-state index in [1.165, 1.54) is 0 Å². The molecular formula is C18H18N4O2. The second-order valence-electron chi connectivity index (χ2n) is 5.31. The number of ether oxygens (including phenoxy) is 1. The van der Waals surface area contributed by atoms with Crippen molar-refractivity contribution in [2.45, 2.75) is 6.54 Å². The molecule has 1 N–H and O–H groups in total. The highest BCUT2D eigenvalue weighted by molar-refractivity contribution is 5.93. The van der Waals surface area contributed by atoms with Crippen LogP contribution < -0.4 is 10.1 Å². The maximum atomic E-state index is 11.5. The number of carbonyl (C=O) groups excluding carboxylic acids is 1. The fraction of sp³-hybridized carbons (Fsp3) is 0.167. The molecule has 0 atom stereocenters. The maximum absolute atomic E-state index is 11.5. The molecule has 0 fully saturated rings. The highest BCUT2D eigenvalue weighted by Gasteiger charge is 2.06. The lowest BCUT2D eigenvalue weighted by atomic mass is 10.1. The maximum Gasteiger partial charge on any atom is 0.251 e. The van der Waals surface area contributed by atoms with E-state index < -0.39 is 0 Å². The van der Waals surface area contributed by atoms with E-state index in [2.05, 4.69) is 15.6 Å². The molecule has 0 radical (unpaired) electrons. The topological polar surface area (TPSA) is 69.0 Å². The standard InChI is InChI=1S/C18H18N4O2/c1-19-18(23)15-5-3-13(4-6-15)11-22-12-17(20-21-22)14-7-9-16(24-2)10-8-14/h3-10,12H,11H2,1-2H3,(H,19,23). The Morgan fingerprint density at radius 1 is 1.12 bits per heavy atom. The van der Waals surface area contributed by atoms with Gasteiger partial charge in [0, 0.05) is 18.2 Å². The Labute approximate surface area is 140 Å². The molecule has 0 aliphatic rings. The minimum atomic E-state index is -0.0934. The van der Waals surface area contributed by atoms with E-state index in [1.54, 1.807) is 31.0 Å². The predicted molar refractivity (Wildman–Crippen MR) is 90.9 cm³/mol. The number of nitrogens with zero attached hydrogens (tertiary/aromatic N) is 3. The summed E-state index contributed by atoms with van der Waals surface area (Å²) in [5, 5.41) is 11.0. The molecule has 0 spiro atoms. The van der Waals surface area contributed by atoms with Gasteiger partial charge in [0.25, 0.3) is 5.91 Å². The van der Waals surface area contributed by atoms with Crippen molar-refractivity contribution in [1.29, 1.82) is 0 Å². The van der Waals surface area contributed by atoms with Crippen molar-refractivity contribution in [2.75, 3.05) is 14.2 Å². The van der Waals surface area contributed by atoms with Crippen LogP contribution in [0.15, 0.2) is 54.7 Å². The van der Waals surface area contributed by atoms with Gasteiger partial charge in [-0.15, -0.1) is 5.10 Å². The zero-order valence-electron chi connectivity index (χ0n) is 13.6. The molecule has 122 valence electrons. The number of rotatable bonds is 5. The fourth-order valence-electron chi connectivity index (χ4n) is 2.36. The molecule has 0 aliphatic carbocycles. The first-order valence-corrected chi connectivity index (χ1v) is 7.55. The van der Waals surface area contributed by atoms with Crippen molar-refractivity contribution in [1.82, 2.24) is 20.3 Å². The number of hydrogen-bond donors (Lipinski definition) is 1. The van der Waals surface area contributed by atoms with Gasteiger partial charge in [-0.1, -0.05) is 17.3 Å². The average molecular weight is 322 g/mol. The van der Waals surface area contributed by atoms with Gasteiger partial charge in [-0.3, -0.25) is 4.79 Å². The van der Waals surface area contributed by atoms with Gasteiger partial charge in [0.15, 0.2) is 0 Å². The van der Waals surface area contributed by atoms with Gasteiger partial charge in [0.05, 0.1) is 19.9 Å². The molecule has 3 aromatic rings. The van der Waals surface area contributed by atoms with Crippen LogP contribution in [0.1, 0.15) is 15.9 Å². The highest BCUT2D eigenvalue weighted by Crippen LogP contribution is 2.20. The first-order valence-electron chi connectivity index (χ1n) is 7.55. The molecule has 3 rings (SSSR count). The van der Waals surface area contributed by atoms with Crippen molar-refractivity contribution in [3.63, 3.8) is 0 Å². The Bertz CT molecular complexity index is 823. The summed E-state index contributed by atoms with van der Waals surface area (Å²) in [5.74, 6) is 0.714. The summed E-state index contributed by atoms with van der Waals surface area (Å²) in [6.07, 6.45) is 1.90. The second kappa shape index (κ2) is 6.95. The number of aromatic nitrogens is 3. The van der Waals surface area contributed by atoms with Gasteiger partial charge in [-0.25, -0.2) is 4.68 Å². The molecule has 6 nitrogen and oxygen atoms in total. The van der Waals surface area contributed by atoms with E-state index >= 15 is 0 Å². The SMILES string of the molecule is CNC(=O)c1ccc(Cn2cc(-c3ccc(OC)cc3)nn2)cc1. The van der Waals surface area contributed by atoms with Crippen molar-refractivity contribution in [2.24, 2.45) is 0 Å². The Morgan fingerprint density at radius 2 is 1.83 bits per heavy atom.